The standard InChI is InChI=1S/C23H31N5O/c1-17(2)15-28-19(4)22(18(3)26-28)9-10-23(29)24-14-20-7-5-8-21(13-20)16-27-12-6-11-25-27/h5-8,11-13,17H,9-10,14-16H2,1-4H3,(H,24,29). The lowest BCUT2D eigenvalue weighted by Gasteiger charge is -2.09. The fourth-order valence-electron chi connectivity index (χ4n) is 3.57. The quantitative estimate of drug-likeness (QED) is 0.603. The molecule has 1 N–H and O–H groups in total. The number of aromatic nitrogens is 4. The zero-order valence-electron chi connectivity index (χ0n) is 17.9. The first-order valence-corrected chi connectivity index (χ1v) is 10.3. The number of hydrogen-bond donors (Lipinski definition) is 1. The maximum atomic E-state index is 12.4. The minimum atomic E-state index is 0.0675. The molecule has 2 aromatic heterocycles. The van der Waals surface area contributed by atoms with Gasteiger partial charge in [-0.15, -0.1) is 0 Å². The lowest BCUT2D eigenvalue weighted by molar-refractivity contribution is -0.121. The van der Waals surface area contributed by atoms with Gasteiger partial charge in [0.15, 0.2) is 0 Å². The predicted octanol–water partition coefficient (Wildman–Crippen LogP) is 3.65. The Balaban J connectivity index is 1.51. The van der Waals surface area contributed by atoms with Gasteiger partial charge in [-0.3, -0.25) is 14.2 Å². The normalized spacial score (nSPS) is 11.2. The number of rotatable bonds is 9. The van der Waals surface area contributed by atoms with Crippen molar-refractivity contribution in [1.82, 2.24) is 24.9 Å². The molecule has 0 aliphatic heterocycles. The summed E-state index contributed by atoms with van der Waals surface area (Å²) in [5, 5.41) is 11.9. The van der Waals surface area contributed by atoms with Crippen LogP contribution in [0.25, 0.3) is 0 Å². The van der Waals surface area contributed by atoms with Crippen molar-refractivity contribution < 1.29 is 4.79 Å². The summed E-state index contributed by atoms with van der Waals surface area (Å²) in [4.78, 5) is 12.4. The molecule has 6 heteroatoms. The zero-order valence-corrected chi connectivity index (χ0v) is 17.9. The minimum absolute atomic E-state index is 0.0675. The molecule has 0 radical (unpaired) electrons. The number of benzene rings is 1. The number of nitrogens with one attached hydrogen (secondary N) is 1. The molecule has 0 aliphatic carbocycles. The van der Waals surface area contributed by atoms with E-state index in [1.54, 1.807) is 6.20 Å². The van der Waals surface area contributed by atoms with Crippen LogP contribution in [-0.4, -0.2) is 25.5 Å². The molecule has 0 saturated carbocycles. The summed E-state index contributed by atoms with van der Waals surface area (Å²) in [6, 6.07) is 10.2. The molecular formula is C23H31N5O. The van der Waals surface area contributed by atoms with E-state index in [4.69, 9.17) is 0 Å². The van der Waals surface area contributed by atoms with Crippen LogP contribution in [0.1, 0.15) is 48.3 Å². The van der Waals surface area contributed by atoms with Crippen molar-refractivity contribution in [3.63, 3.8) is 0 Å². The number of amides is 1. The van der Waals surface area contributed by atoms with Crippen molar-refractivity contribution in [2.45, 2.75) is 60.2 Å². The van der Waals surface area contributed by atoms with Crippen LogP contribution in [0.15, 0.2) is 42.7 Å². The molecule has 0 unspecified atom stereocenters. The average Bonchev–Trinajstić information content (AvgIpc) is 3.27. The molecule has 29 heavy (non-hydrogen) atoms. The number of carbonyl (C=O) groups is 1. The molecule has 0 spiro atoms. The van der Waals surface area contributed by atoms with Crippen molar-refractivity contribution in [3.05, 3.63) is 70.8 Å². The Morgan fingerprint density at radius 3 is 2.69 bits per heavy atom. The average molecular weight is 394 g/mol. The Hall–Kier alpha value is -2.89. The molecule has 0 bridgehead atoms. The van der Waals surface area contributed by atoms with Crippen molar-refractivity contribution in [3.8, 4) is 0 Å². The van der Waals surface area contributed by atoms with E-state index in [9.17, 15) is 4.79 Å². The minimum Gasteiger partial charge on any atom is -0.352 e. The van der Waals surface area contributed by atoms with Crippen LogP contribution in [0.5, 0.6) is 0 Å². The van der Waals surface area contributed by atoms with Crippen LogP contribution in [0.2, 0.25) is 0 Å². The van der Waals surface area contributed by atoms with Crippen LogP contribution in [0, 0.1) is 19.8 Å². The molecule has 154 valence electrons. The van der Waals surface area contributed by atoms with Crippen LogP contribution in [0.4, 0.5) is 0 Å². The molecule has 2 heterocycles. The van der Waals surface area contributed by atoms with Crippen LogP contribution in [0.3, 0.4) is 0 Å². The van der Waals surface area contributed by atoms with E-state index in [0.717, 1.165) is 30.8 Å². The molecular weight excluding hydrogens is 362 g/mol. The van der Waals surface area contributed by atoms with E-state index in [1.165, 1.54) is 16.8 Å². The number of carbonyl (C=O) groups excluding carboxylic acids is 1. The highest BCUT2D eigenvalue weighted by molar-refractivity contribution is 5.76. The van der Waals surface area contributed by atoms with Crippen molar-refractivity contribution in [1.29, 1.82) is 0 Å². The van der Waals surface area contributed by atoms with Gasteiger partial charge in [0, 0.05) is 37.6 Å². The Kier molecular flexibility index (Phi) is 6.86. The van der Waals surface area contributed by atoms with Gasteiger partial charge in [-0.25, -0.2) is 0 Å². The second-order valence-corrected chi connectivity index (χ2v) is 8.03. The smallest absolute Gasteiger partial charge is 0.220 e. The van der Waals surface area contributed by atoms with E-state index in [-0.39, 0.29) is 5.91 Å². The highest BCUT2D eigenvalue weighted by Gasteiger charge is 2.13. The fourth-order valence-corrected chi connectivity index (χ4v) is 3.57. The van der Waals surface area contributed by atoms with Crippen molar-refractivity contribution >= 4 is 5.91 Å². The number of aryl methyl sites for hydroxylation is 1. The second-order valence-electron chi connectivity index (χ2n) is 8.03. The van der Waals surface area contributed by atoms with Crippen LogP contribution < -0.4 is 5.32 Å². The summed E-state index contributed by atoms with van der Waals surface area (Å²) in [5.74, 6) is 0.617. The second kappa shape index (κ2) is 9.54. The lowest BCUT2D eigenvalue weighted by atomic mass is 10.1. The van der Waals surface area contributed by atoms with Gasteiger partial charge in [-0.2, -0.15) is 10.2 Å². The Morgan fingerprint density at radius 2 is 1.97 bits per heavy atom. The number of nitrogens with zero attached hydrogens (tertiary/aromatic N) is 4. The van der Waals surface area contributed by atoms with Gasteiger partial charge in [-0.1, -0.05) is 38.1 Å². The Morgan fingerprint density at radius 1 is 1.17 bits per heavy atom. The van der Waals surface area contributed by atoms with E-state index >= 15 is 0 Å². The molecule has 0 fully saturated rings. The van der Waals surface area contributed by atoms with E-state index in [1.807, 2.05) is 36.0 Å². The molecule has 0 aliphatic rings. The monoisotopic (exact) mass is 393 g/mol. The van der Waals surface area contributed by atoms with Crippen LogP contribution >= 0.6 is 0 Å². The molecule has 6 nitrogen and oxygen atoms in total. The number of hydrogen-bond acceptors (Lipinski definition) is 3. The third kappa shape index (κ3) is 5.79. The molecule has 0 atom stereocenters. The maximum absolute atomic E-state index is 12.4. The van der Waals surface area contributed by atoms with Gasteiger partial charge in [-0.05, 0) is 48.9 Å². The highest BCUT2D eigenvalue weighted by atomic mass is 16.1. The SMILES string of the molecule is Cc1nn(CC(C)C)c(C)c1CCC(=O)NCc1cccc(Cn2cccn2)c1. The summed E-state index contributed by atoms with van der Waals surface area (Å²) >= 11 is 0. The van der Waals surface area contributed by atoms with Crippen LogP contribution in [-0.2, 0) is 30.8 Å². The van der Waals surface area contributed by atoms with Gasteiger partial charge in [0.1, 0.15) is 0 Å². The van der Waals surface area contributed by atoms with Gasteiger partial charge in [0.05, 0.1) is 12.2 Å². The summed E-state index contributed by atoms with van der Waals surface area (Å²) in [6.07, 6.45) is 4.92. The first-order valence-electron chi connectivity index (χ1n) is 10.3. The summed E-state index contributed by atoms with van der Waals surface area (Å²) in [7, 11) is 0. The predicted molar refractivity (Wildman–Crippen MR) is 114 cm³/mol. The Bertz CT molecular complexity index is 940. The largest absolute Gasteiger partial charge is 0.352 e. The lowest BCUT2D eigenvalue weighted by Crippen LogP contribution is -2.23. The van der Waals surface area contributed by atoms with Gasteiger partial charge in [0.25, 0.3) is 0 Å². The van der Waals surface area contributed by atoms with E-state index < -0.39 is 0 Å². The zero-order chi connectivity index (χ0) is 20.8. The first-order chi connectivity index (χ1) is 13.9. The molecule has 1 aromatic carbocycles. The first kappa shape index (κ1) is 20.8. The molecule has 3 rings (SSSR count). The summed E-state index contributed by atoms with van der Waals surface area (Å²) < 4.78 is 3.96. The van der Waals surface area contributed by atoms with Gasteiger partial charge < -0.3 is 5.32 Å². The van der Waals surface area contributed by atoms with Gasteiger partial charge >= 0.3 is 0 Å². The fraction of sp³-hybridized carbons (Fsp3) is 0.435. The highest BCUT2D eigenvalue weighted by Crippen LogP contribution is 2.16. The molecule has 0 saturated heterocycles. The molecule has 3 aromatic rings. The Labute approximate surface area is 172 Å². The maximum Gasteiger partial charge on any atom is 0.220 e. The molecule has 1 amide bonds. The topological polar surface area (TPSA) is 64.7 Å². The van der Waals surface area contributed by atoms with E-state index in [0.29, 0.717) is 18.9 Å². The third-order valence-electron chi connectivity index (χ3n) is 5.06. The van der Waals surface area contributed by atoms with E-state index in [2.05, 4.69) is 53.1 Å². The summed E-state index contributed by atoms with van der Waals surface area (Å²) in [5.41, 5.74) is 5.67. The third-order valence-corrected chi connectivity index (χ3v) is 5.06. The van der Waals surface area contributed by atoms with Gasteiger partial charge in [0.2, 0.25) is 5.91 Å². The van der Waals surface area contributed by atoms with Crippen molar-refractivity contribution in [2.75, 3.05) is 0 Å². The van der Waals surface area contributed by atoms with Crippen molar-refractivity contribution in [2.24, 2.45) is 5.92 Å². The summed E-state index contributed by atoms with van der Waals surface area (Å²) in [6.45, 7) is 10.7.